The van der Waals surface area contributed by atoms with Crippen molar-refractivity contribution in [2.75, 3.05) is 0 Å². The summed E-state index contributed by atoms with van der Waals surface area (Å²) in [6, 6.07) is 12.0. The molecule has 4 heteroatoms. The van der Waals surface area contributed by atoms with E-state index in [2.05, 4.69) is 25.9 Å². The third-order valence-corrected chi connectivity index (χ3v) is 3.00. The average molecular weight is 316 g/mol. The minimum absolute atomic E-state index is 0.639. The highest BCUT2D eigenvalue weighted by Crippen LogP contribution is 2.16. The molecule has 0 aliphatic heterocycles. The van der Waals surface area contributed by atoms with E-state index in [9.17, 15) is 0 Å². The number of hydrogen-bond donors (Lipinski definition) is 1. The van der Waals surface area contributed by atoms with Crippen molar-refractivity contribution in [3.8, 4) is 0 Å². The molecular formula is C15H14BrN3. The maximum Gasteiger partial charge on any atom is 0.0639 e. The second kappa shape index (κ2) is 6.85. The van der Waals surface area contributed by atoms with Gasteiger partial charge < -0.3 is 5.73 Å². The van der Waals surface area contributed by atoms with Gasteiger partial charge in [0.25, 0.3) is 0 Å². The summed E-state index contributed by atoms with van der Waals surface area (Å²) in [6.45, 7) is 0.639. The maximum absolute atomic E-state index is 5.64. The number of allylic oxidation sites excluding steroid dienone is 1. The topological polar surface area (TPSA) is 51.3 Å². The van der Waals surface area contributed by atoms with Crippen LogP contribution in [0.2, 0.25) is 0 Å². The molecule has 0 bridgehead atoms. The molecule has 0 unspecified atom stereocenters. The summed E-state index contributed by atoms with van der Waals surface area (Å²) in [4.78, 5) is 8.52. The molecule has 0 spiro atoms. The summed E-state index contributed by atoms with van der Waals surface area (Å²) in [7, 11) is 0. The molecule has 1 aromatic heterocycles. The smallest absolute Gasteiger partial charge is 0.0639 e. The van der Waals surface area contributed by atoms with Crippen LogP contribution in [-0.2, 0) is 6.54 Å². The Balaban J connectivity index is 2.08. The Kier molecular flexibility index (Phi) is 4.86. The Bertz CT molecular complexity index is 591. The lowest BCUT2D eigenvalue weighted by Crippen LogP contribution is -1.93. The standard InChI is InChI=1S/C15H14BrN3/c16-15-6-13(9-19-11-15)14(7-17)10-18-8-12-4-2-1-3-5-12/h1-7,9-11H,8,17H2/b14-7+,18-10?. The van der Waals surface area contributed by atoms with Gasteiger partial charge in [-0.25, -0.2) is 0 Å². The van der Waals surface area contributed by atoms with Crippen molar-refractivity contribution in [1.82, 2.24) is 4.98 Å². The van der Waals surface area contributed by atoms with Crippen LogP contribution in [-0.4, -0.2) is 11.2 Å². The summed E-state index contributed by atoms with van der Waals surface area (Å²) in [5.41, 5.74) is 8.60. The summed E-state index contributed by atoms with van der Waals surface area (Å²) in [5.74, 6) is 0. The molecule has 0 saturated heterocycles. The predicted octanol–water partition coefficient (Wildman–Crippen LogP) is 3.41. The quantitative estimate of drug-likeness (QED) is 0.879. The van der Waals surface area contributed by atoms with E-state index in [-0.39, 0.29) is 0 Å². The summed E-state index contributed by atoms with van der Waals surface area (Å²) in [5, 5.41) is 0. The largest absolute Gasteiger partial charge is 0.404 e. The van der Waals surface area contributed by atoms with Crippen LogP contribution < -0.4 is 5.73 Å². The summed E-state index contributed by atoms with van der Waals surface area (Å²) >= 11 is 3.39. The number of nitrogens with two attached hydrogens (primary N) is 1. The molecule has 1 aromatic carbocycles. The average Bonchev–Trinajstić information content (AvgIpc) is 2.45. The Morgan fingerprint density at radius 1 is 1.26 bits per heavy atom. The van der Waals surface area contributed by atoms with E-state index >= 15 is 0 Å². The van der Waals surface area contributed by atoms with Crippen LogP contribution in [0, 0.1) is 0 Å². The lowest BCUT2D eigenvalue weighted by molar-refractivity contribution is 1.08. The first-order valence-corrected chi connectivity index (χ1v) is 6.65. The highest BCUT2D eigenvalue weighted by atomic mass is 79.9. The van der Waals surface area contributed by atoms with Gasteiger partial charge in [0.05, 0.1) is 6.54 Å². The molecule has 0 aliphatic carbocycles. The third-order valence-electron chi connectivity index (χ3n) is 2.56. The van der Waals surface area contributed by atoms with Crippen molar-refractivity contribution in [1.29, 1.82) is 0 Å². The molecule has 2 rings (SSSR count). The van der Waals surface area contributed by atoms with Crippen LogP contribution in [0.1, 0.15) is 11.1 Å². The molecule has 3 nitrogen and oxygen atoms in total. The maximum atomic E-state index is 5.64. The zero-order valence-corrected chi connectivity index (χ0v) is 11.9. The van der Waals surface area contributed by atoms with E-state index in [0.717, 1.165) is 15.6 Å². The molecule has 0 fully saturated rings. The van der Waals surface area contributed by atoms with E-state index in [1.165, 1.54) is 11.8 Å². The normalized spacial score (nSPS) is 11.9. The van der Waals surface area contributed by atoms with Gasteiger partial charge in [0.2, 0.25) is 0 Å². The SMILES string of the molecule is N/C=C(\C=NCc1ccccc1)c1cncc(Br)c1. The highest BCUT2D eigenvalue weighted by molar-refractivity contribution is 9.10. The second-order valence-corrected chi connectivity index (χ2v) is 4.88. The van der Waals surface area contributed by atoms with Gasteiger partial charge in [0.15, 0.2) is 0 Å². The van der Waals surface area contributed by atoms with E-state index in [4.69, 9.17) is 5.73 Å². The third kappa shape index (κ3) is 4.03. The number of nitrogens with zero attached hydrogens (tertiary/aromatic N) is 2. The van der Waals surface area contributed by atoms with Gasteiger partial charge in [-0.3, -0.25) is 9.98 Å². The van der Waals surface area contributed by atoms with Crippen LogP contribution in [0.25, 0.3) is 5.57 Å². The molecule has 0 saturated carbocycles. The first kappa shape index (κ1) is 13.5. The summed E-state index contributed by atoms with van der Waals surface area (Å²) in [6.07, 6.45) is 6.81. The summed E-state index contributed by atoms with van der Waals surface area (Å²) < 4.78 is 0.917. The van der Waals surface area contributed by atoms with E-state index < -0.39 is 0 Å². The Labute approximate surface area is 121 Å². The minimum Gasteiger partial charge on any atom is -0.404 e. The highest BCUT2D eigenvalue weighted by Gasteiger charge is 1.99. The molecule has 96 valence electrons. The number of aliphatic imine (C=N–C) groups is 1. The van der Waals surface area contributed by atoms with Crippen molar-refractivity contribution in [3.05, 3.63) is 70.6 Å². The Hall–Kier alpha value is -1.94. The number of benzene rings is 1. The fourth-order valence-corrected chi connectivity index (χ4v) is 1.98. The van der Waals surface area contributed by atoms with Crippen molar-refractivity contribution in [3.63, 3.8) is 0 Å². The lowest BCUT2D eigenvalue weighted by atomic mass is 10.1. The Morgan fingerprint density at radius 2 is 2.05 bits per heavy atom. The predicted molar refractivity (Wildman–Crippen MR) is 82.7 cm³/mol. The number of pyridine rings is 1. The van der Waals surface area contributed by atoms with Crippen molar-refractivity contribution in [2.24, 2.45) is 10.7 Å². The fraction of sp³-hybridized carbons (Fsp3) is 0.0667. The zero-order valence-electron chi connectivity index (χ0n) is 10.3. The van der Waals surface area contributed by atoms with Gasteiger partial charge in [-0.2, -0.15) is 0 Å². The van der Waals surface area contributed by atoms with E-state index in [1.54, 1.807) is 18.6 Å². The molecule has 2 aromatic rings. The zero-order chi connectivity index (χ0) is 13.5. The molecule has 0 radical (unpaired) electrons. The van der Waals surface area contributed by atoms with Gasteiger partial charge in [-0.15, -0.1) is 0 Å². The van der Waals surface area contributed by atoms with Crippen molar-refractivity contribution in [2.45, 2.75) is 6.54 Å². The van der Waals surface area contributed by atoms with Crippen LogP contribution in [0.5, 0.6) is 0 Å². The lowest BCUT2D eigenvalue weighted by Gasteiger charge is -2.01. The second-order valence-electron chi connectivity index (χ2n) is 3.97. The molecule has 19 heavy (non-hydrogen) atoms. The molecule has 0 atom stereocenters. The number of halogens is 1. The molecular weight excluding hydrogens is 302 g/mol. The molecule has 0 aliphatic rings. The minimum atomic E-state index is 0.639. The van der Waals surface area contributed by atoms with Gasteiger partial charge in [0, 0.05) is 40.4 Å². The first-order chi connectivity index (χ1) is 9.29. The fourth-order valence-electron chi connectivity index (χ4n) is 1.62. The van der Waals surface area contributed by atoms with Crippen LogP contribution >= 0.6 is 15.9 Å². The van der Waals surface area contributed by atoms with Gasteiger partial charge >= 0.3 is 0 Å². The van der Waals surface area contributed by atoms with E-state index in [1.807, 2.05) is 36.4 Å². The number of hydrogen-bond acceptors (Lipinski definition) is 3. The Morgan fingerprint density at radius 3 is 2.74 bits per heavy atom. The van der Waals surface area contributed by atoms with E-state index in [0.29, 0.717) is 6.54 Å². The molecule has 0 amide bonds. The molecule has 2 N–H and O–H groups in total. The van der Waals surface area contributed by atoms with Crippen LogP contribution in [0.15, 0.2) is 64.5 Å². The van der Waals surface area contributed by atoms with Crippen molar-refractivity contribution >= 4 is 27.7 Å². The number of rotatable bonds is 4. The van der Waals surface area contributed by atoms with Gasteiger partial charge in [-0.1, -0.05) is 30.3 Å². The van der Waals surface area contributed by atoms with Gasteiger partial charge in [0.1, 0.15) is 0 Å². The monoisotopic (exact) mass is 315 g/mol. The van der Waals surface area contributed by atoms with Crippen LogP contribution in [0.3, 0.4) is 0 Å². The van der Waals surface area contributed by atoms with Crippen molar-refractivity contribution < 1.29 is 0 Å². The first-order valence-electron chi connectivity index (χ1n) is 5.86. The number of aromatic nitrogens is 1. The molecule has 1 heterocycles. The van der Waals surface area contributed by atoms with Crippen LogP contribution in [0.4, 0.5) is 0 Å². The van der Waals surface area contributed by atoms with Gasteiger partial charge in [-0.05, 0) is 27.6 Å².